The van der Waals surface area contributed by atoms with Gasteiger partial charge in [0, 0.05) is 10.9 Å². The topological polar surface area (TPSA) is 37.4 Å². The standard InChI is InChI=1S/C12H9BrClNO2/c13-5-8(6-14)7-15-11(16)9-3-1-2-4-10(9)12(15)17/h1-4,6H,5,7H2. The molecule has 1 heterocycles. The monoisotopic (exact) mass is 313 g/mol. The average Bonchev–Trinajstić information content (AvgIpc) is 2.61. The van der Waals surface area contributed by atoms with E-state index >= 15 is 0 Å². The Kier molecular flexibility index (Phi) is 3.64. The minimum atomic E-state index is -0.262. The van der Waals surface area contributed by atoms with Crippen LogP contribution in [0.25, 0.3) is 0 Å². The number of fused-ring (bicyclic) bond motifs is 1. The predicted octanol–water partition coefficient (Wildman–Crippen LogP) is 2.80. The van der Waals surface area contributed by atoms with E-state index in [4.69, 9.17) is 11.6 Å². The van der Waals surface area contributed by atoms with Gasteiger partial charge in [-0.2, -0.15) is 0 Å². The Morgan fingerprint density at radius 2 is 1.76 bits per heavy atom. The highest BCUT2D eigenvalue weighted by Gasteiger charge is 2.35. The number of hydrogen-bond donors (Lipinski definition) is 0. The summed E-state index contributed by atoms with van der Waals surface area (Å²) in [5.74, 6) is -0.523. The van der Waals surface area contributed by atoms with Crippen molar-refractivity contribution in [2.75, 3.05) is 11.9 Å². The van der Waals surface area contributed by atoms with Crippen LogP contribution in [-0.4, -0.2) is 28.6 Å². The van der Waals surface area contributed by atoms with E-state index < -0.39 is 0 Å². The first-order valence-electron chi connectivity index (χ1n) is 4.98. The number of nitrogens with zero attached hydrogens (tertiary/aromatic N) is 1. The molecule has 1 aliphatic heterocycles. The molecule has 0 saturated heterocycles. The molecular formula is C12H9BrClNO2. The van der Waals surface area contributed by atoms with E-state index in [0.29, 0.717) is 16.5 Å². The van der Waals surface area contributed by atoms with Crippen molar-refractivity contribution in [3.05, 3.63) is 46.5 Å². The molecule has 0 N–H and O–H groups in total. The Hall–Kier alpha value is -1.13. The minimum Gasteiger partial charge on any atom is -0.270 e. The third kappa shape index (κ3) is 2.15. The lowest BCUT2D eigenvalue weighted by atomic mass is 10.1. The van der Waals surface area contributed by atoms with Gasteiger partial charge in [0.1, 0.15) is 0 Å². The van der Waals surface area contributed by atoms with Crippen LogP contribution in [-0.2, 0) is 0 Å². The second-order valence-corrected chi connectivity index (χ2v) is 4.42. The van der Waals surface area contributed by atoms with Crippen LogP contribution >= 0.6 is 27.5 Å². The number of halogens is 2. The van der Waals surface area contributed by atoms with Crippen LogP contribution < -0.4 is 0 Å². The maximum absolute atomic E-state index is 12.0. The van der Waals surface area contributed by atoms with Gasteiger partial charge in [-0.25, -0.2) is 0 Å². The van der Waals surface area contributed by atoms with Crippen molar-refractivity contribution in [3.8, 4) is 0 Å². The molecule has 0 aromatic heterocycles. The fourth-order valence-electron chi connectivity index (χ4n) is 1.69. The molecule has 1 aromatic rings. The van der Waals surface area contributed by atoms with E-state index in [9.17, 15) is 9.59 Å². The zero-order valence-corrected chi connectivity index (χ0v) is 11.2. The van der Waals surface area contributed by atoms with Crippen molar-refractivity contribution in [3.63, 3.8) is 0 Å². The molecule has 0 saturated carbocycles. The molecule has 1 aromatic carbocycles. The van der Waals surface area contributed by atoms with Crippen LogP contribution in [0.2, 0.25) is 0 Å². The first-order valence-corrected chi connectivity index (χ1v) is 6.54. The highest BCUT2D eigenvalue weighted by molar-refractivity contribution is 9.09. The molecule has 0 radical (unpaired) electrons. The summed E-state index contributed by atoms with van der Waals surface area (Å²) >= 11 is 8.87. The van der Waals surface area contributed by atoms with Crippen molar-refractivity contribution in [1.29, 1.82) is 0 Å². The van der Waals surface area contributed by atoms with Crippen molar-refractivity contribution < 1.29 is 9.59 Å². The normalized spacial score (nSPS) is 15.4. The van der Waals surface area contributed by atoms with Gasteiger partial charge >= 0.3 is 0 Å². The van der Waals surface area contributed by atoms with Crippen molar-refractivity contribution >= 4 is 39.3 Å². The van der Waals surface area contributed by atoms with Gasteiger partial charge in [-0.15, -0.1) is 0 Å². The Labute approximate surface area is 112 Å². The Bertz CT molecular complexity index is 478. The maximum Gasteiger partial charge on any atom is 0.261 e. The van der Waals surface area contributed by atoms with Gasteiger partial charge in [-0.3, -0.25) is 14.5 Å². The number of rotatable bonds is 3. The van der Waals surface area contributed by atoms with Crippen LogP contribution in [0.4, 0.5) is 0 Å². The summed E-state index contributed by atoms with van der Waals surface area (Å²) < 4.78 is 0. The summed E-state index contributed by atoms with van der Waals surface area (Å²) in [6.07, 6.45) is 0. The number of hydrogen-bond acceptors (Lipinski definition) is 2. The molecule has 0 fully saturated rings. The number of carbonyl (C=O) groups excluding carboxylic acids is 2. The molecule has 1 aliphatic rings. The summed E-state index contributed by atoms with van der Waals surface area (Å²) in [5, 5.41) is 0.532. The summed E-state index contributed by atoms with van der Waals surface area (Å²) in [6, 6.07) is 6.81. The van der Waals surface area contributed by atoms with Gasteiger partial charge in [0.2, 0.25) is 0 Å². The van der Waals surface area contributed by atoms with E-state index in [1.165, 1.54) is 10.4 Å². The van der Waals surface area contributed by atoms with Gasteiger partial charge in [0.05, 0.1) is 17.7 Å². The van der Waals surface area contributed by atoms with Crippen molar-refractivity contribution in [2.45, 2.75) is 0 Å². The lowest BCUT2D eigenvalue weighted by Crippen LogP contribution is -2.31. The van der Waals surface area contributed by atoms with Crippen molar-refractivity contribution in [1.82, 2.24) is 4.90 Å². The molecule has 88 valence electrons. The number of carbonyl (C=O) groups is 2. The number of amides is 2. The van der Waals surface area contributed by atoms with Gasteiger partial charge in [-0.1, -0.05) is 39.7 Å². The highest BCUT2D eigenvalue weighted by atomic mass is 79.9. The van der Waals surface area contributed by atoms with E-state index in [0.717, 1.165) is 5.57 Å². The fourth-order valence-corrected chi connectivity index (χ4v) is 2.36. The van der Waals surface area contributed by atoms with Crippen LogP contribution in [0.1, 0.15) is 20.7 Å². The van der Waals surface area contributed by atoms with Gasteiger partial charge in [-0.05, 0) is 17.7 Å². The van der Waals surface area contributed by atoms with E-state index in [-0.39, 0.29) is 18.4 Å². The zero-order chi connectivity index (χ0) is 12.4. The smallest absolute Gasteiger partial charge is 0.261 e. The molecule has 0 unspecified atom stereocenters. The quantitative estimate of drug-likeness (QED) is 0.635. The van der Waals surface area contributed by atoms with Gasteiger partial charge < -0.3 is 0 Å². The third-order valence-corrected chi connectivity index (χ3v) is 3.59. The molecule has 0 bridgehead atoms. The molecular weight excluding hydrogens is 305 g/mol. The Morgan fingerprint density at radius 1 is 1.24 bits per heavy atom. The molecule has 5 heteroatoms. The number of imide groups is 1. The molecule has 17 heavy (non-hydrogen) atoms. The molecule has 0 atom stereocenters. The third-order valence-electron chi connectivity index (χ3n) is 2.57. The van der Waals surface area contributed by atoms with Gasteiger partial charge in [0.25, 0.3) is 11.8 Å². The largest absolute Gasteiger partial charge is 0.270 e. The van der Waals surface area contributed by atoms with E-state index in [2.05, 4.69) is 15.9 Å². The highest BCUT2D eigenvalue weighted by Crippen LogP contribution is 2.23. The van der Waals surface area contributed by atoms with Crippen LogP contribution in [0.5, 0.6) is 0 Å². The van der Waals surface area contributed by atoms with E-state index in [1.54, 1.807) is 24.3 Å². The molecule has 2 amide bonds. The van der Waals surface area contributed by atoms with Crippen LogP contribution in [0, 0.1) is 0 Å². The zero-order valence-electron chi connectivity index (χ0n) is 8.82. The van der Waals surface area contributed by atoms with Crippen LogP contribution in [0.3, 0.4) is 0 Å². The van der Waals surface area contributed by atoms with E-state index in [1.807, 2.05) is 0 Å². The van der Waals surface area contributed by atoms with Crippen molar-refractivity contribution in [2.24, 2.45) is 0 Å². The summed E-state index contributed by atoms with van der Waals surface area (Å²) in [7, 11) is 0. The first kappa shape index (κ1) is 12.3. The predicted molar refractivity (Wildman–Crippen MR) is 69.5 cm³/mol. The SMILES string of the molecule is O=C1c2ccccc2C(=O)N1CC(=CCl)CBr. The lowest BCUT2D eigenvalue weighted by molar-refractivity contribution is 0.0668. The van der Waals surface area contributed by atoms with Gasteiger partial charge in [0.15, 0.2) is 0 Å². The Balaban J connectivity index is 2.30. The molecule has 2 rings (SSSR count). The number of alkyl halides is 1. The molecule has 3 nitrogen and oxygen atoms in total. The first-order chi connectivity index (χ1) is 8.19. The van der Waals surface area contributed by atoms with Crippen LogP contribution in [0.15, 0.2) is 35.4 Å². The fraction of sp³-hybridized carbons (Fsp3) is 0.167. The number of benzene rings is 1. The molecule has 0 spiro atoms. The maximum atomic E-state index is 12.0. The second-order valence-electron chi connectivity index (χ2n) is 3.64. The molecule has 0 aliphatic carbocycles. The summed E-state index contributed by atoms with van der Waals surface area (Å²) in [6.45, 7) is 0.223. The minimum absolute atomic E-state index is 0.223. The summed E-state index contributed by atoms with van der Waals surface area (Å²) in [4.78, 5) is 25.2. The average molecular weight is 315 g/mol. The second kappa shape index (κ2) is 5.02. The summed E-state index contributed by atoms with van der Waals surface area (Å²) in [5.41, 5.74) is 3.08. The lowest BCUT2D eigenvalue weighted by Gasteiger charge is -2.14. The Morgan fingerprint density at radius 3 is 2.18 bits per heavy atom.